The second-order valence-corrected chi connectivity index (χ2v) is 11.7. The molecule has 0 aromatic heterocycles. The number of non-ortho nitro benzene ring substituents is 1. The molecule has 39 heavy (non-hydrogen) atoms. The molecule has 208 valence electrons. The highest BCUT2D eigenvalue weighted by molar-refractivity contribution is 6.02. The summed E-state index contributed by atoms with van der Waals surface area (Å²) in [6.07, 6.45) is -0.360. The van der Waals surface area contributed by atoms with Gasteiger partial charge in [0.15, 0.2) is 5.78 Å². The van der Waals surface area contributed by atoms with Crippen molar-refractivity contribution in [2.75, 3.05) is 0 Å². The third-order valence-corrected chi connectivity index (χ3v) is 10.2. The molecule has 0 aliphatic heterocycles. The molecule has 8 unspecified atom stereocenters. The Bertz CT molecular complexity index is 1370. The van der Waals surface area contributed by atoms with Gasteiger partial charge in [-0.3, -0.25) is 14.9 Å². The van der Waals surface area contributed by atoms with E-state index in [1.165, 1.54) is 25.1 Å². The van der Waals surface area contributed by atoms with Gasteiger partial charge in [0.25, 0.3) is 5.69 Å². The van der Waals surface area contributed by atoms with Gasteiger partial charge < -0.3 is 14.9 Å². The number of nitro benzene ring substituents is 1. The average Bonchev–Trinajstić information content (AvgIpc) is 3.10. The Morgan fingerprint density at radius 1 is 1.15 bits per heavy atom. The molecule has 1 aromatic rings. The average molecular weight is 546 g/mol. The summed E-state index contributed by atoms with van der Waals surface area (Å²) >= 11 is 0. The van der Waals surface area contributed by atoms with E-state index < -0.39 is 74.4 Å². The van der Waals surface area contributed by atoms with E-state index in [0.29, 0.717) is 0 Å². The number of benzene rings is 1. The minimum atomic E-state index is -2.19. The molecule has 9 nitrogen and oxygen atoms in total. The third kappa shape index (κ3) is 3.31. The summed E-state index contributed by atoms with van der Waals surface area (Å²) in [6.45, 7) is 4.57. The first-order valence-corrected chi connectivity index (χ1v) is 12.8. The maximum atomic E-state index is 17.3. The van der Waals surface area contributed by atoms with Crippen LogP contribution in [0.4, 0.5) is 14.5 Å². The quantitative estimate of drug-likeness (QED) is 0.304. The number of allylic oxidation sites excluding steroid dienone is 3. The lowest BCUT2D eigenvalue weighted by atomic mass is 9.45. The summed E-state index contributed by atoms with van der Waals surface area (Å²) in [7, 11) is 0. The highest BCUT2D eigenvalue weighted by Crippen LogP contribution is 2.72. The number of hydrogen-bond donors (Lipinski definition) is 2. The first-order chi connectivity index (χ1) is 18.1. The van der Waals surface area contributed by atoms with Crippen LogP contribution < -0.4 is 0 Å². The number of carboxylic acid groups (broad SMARTS) is 1. The number of nitro groups is 1. The number of carboxylic acids is 1. The van der Waals surface area contributed by atoms with Gasteiger partial charge in [0, 0.05) is 35.5 Å². The summed E-state index contributed by atoms with van der Waals surface area (Å²) < 4.78 is 38.7. The Balaban J connectivity index is 1.57. The fourth-order valence-corrected chi connectivity index (χ4v) is 8.18. The van der Waals surface area contributed by atoms with E-state index in [-0.39, 0.29) is 42.5 Å². The van der Waals surface area contributed by atoms with Gasteiger partial charge in [0.2, 0.25) is 5.60 Å². The van der Waals surface area contributed by atoms with Crippen molar-refractivity contribution in [3.63, 3.8) is 0 Å². The van der Waals surface area contributed by atoms with Crippen LogP contribution in [0.3, 0.4) is 0 Å². The van der Waals surface area contributed by atoms with Gasteiger partial charge in [-0.15, -0.1) is 0 Å². The lowest BCUT2D eigenvalue weighted by Crippen LogP contribution is -2.66. The first-order valence-electron chi connectivity index (χ1n) is 12.8. The summed E-state index contributed by atoms with van der Waals surface area (Å²) in [4.78, 5) is 48.7. The second kappa shape index (κ2) is 8.43. The molecule has 1 aromatic carbocycles. The Labute approximate surface area is 222 Å². The molecule has 4 aliphatic carbocycles. The topological polar surface area (TPSA) is 144 Å². The number of ether oxygens (including phenoxy) is 1. The Hall–Kier alpha value is -3.63. The number of carbonyl (C=O) groups is 3. The molecular formula is C28H29F2NO8. The van der Waals surface area contributed by atoms with Crippen LogP contribution in [0.2, 0.25) is 0 Å². The lowest BCUT2D eigenvalue weighted by Gasteiger charge is -2.61. The van der Waals surface area contributed by atoms with Crippen molar-refractivity contribution in [1.82, 2.24) is 0 Å². The van der Waals surface area contributed by atoms with Crippen molar-refractivity contribution in [1.29, 1.82) is 0 Å². The van der Waals surface area contributed by atoms with Crippen molar-refractivity contribution < 1.29 is 43.0 Å². The number of carbonyl (C=O) groups excluding carboxylic acids is 2. The van der Waals surface area contributed by atoms with Crippen LogP contribution in [0.25, 0.3) is 0 Å². The van der Waals surface area contributed by atoms with Crippen LogP contribution in [0.15, 0.2) is 47.7 Å². The third-order valence-electron chi connectivity index (χ3n) is 10.2. The molecule has 3 saturated carbocycles. The monoisotopic (exact) mass is 545 g/mol. The molecule has 4 aliphatic rings. The predicted molar refractivity (Wildman–Crippen MR) is 132 cm³/mol. The van der Waals surface area contributed by atoms with E-state index in [1.54, 1.807) is 13.8 Å². The number of aliphatic carboxylic acids is 1. The van der Waals surface area contributed by atoms with Crippen LogP contribution >= 0.6 is 0 Å². The number of halogens is 2. The van der Waals surface area contributed by atoms with E-state index in [4.69, 9.17) is 4.74 Å². The SMILES string of the molecule is CC1CC2C3CC(F)C4=CC(=O)C=C(O)C4(C)C3(F)CCC2(C)C1(OC(=O)c1cccc([N+](=O)[O-])c1)C(=O)O. The Kier molecular flexibility index (Phi) is 5.83. The smallest absolute Gasteiger partial charge is 0.349 e. The molecule has 0 heterocycles. The fraction of sp³-hybridized carbons (Fsp3) is 0.536. The first kappa shape index (κ1) is 27.0. The van der Waals surface area contributed by atoms with Crippen LogP contribution in [0, 0.1) is 38.7 Å². The Morgan fingerprint density at radius 2 is 1.85 bits per heavy atom. The highest BCUT2D eigenvalue weighted by atomic mass is 19.1. The molecule has 0 bridgehead atoms. The molecule has 11 heteroatoms. The van der Waals surface area contributed by atoms with Crippen molar-refractivity contribution in [3.8, 4) is 0 Å². The standard InChI is InChI=1S/C28H29F2NO8/c1-14-9-18-19-13-21(29)20-11-17(32)12-22(33)26(20,3)27(19,30)8-7-25(18,2)28(14,24(35)36)39-23(34)15-5-4-6-16(10-15)31(37)38/h4-6,10-12,14,18-19,21,33H,7-9,13H2,1-3H3,(H,35,36). The van der Waals surface area contributed by atoms with Crippen molar-refractivity contribution in [2.45, 2.75) is 63.9 Å². The largest absolute Gasteiger partial charge is 0.511 e. The zero-order valence-electron chi connectivity index (χ0n) is 21.6. The fourth-order valence-electron chi connectivity index (χ4n) is 8.18. The number of hydrogen-bond acceptors (Lipinski definition) is 7. The van der Waals surface area contributed by atoms with Gasteiger partial charge >= 0.3 is 11.9 Å². The van der Waals surface area contributed by atoms with E-state index in [1.807, 2.05) is 0 Å². The van der Waals surface area contributed by atoms with Gasteiger partial charge in [-0.1, -0.05) is 19.9 Å². The summed E-state index contributed by atoms with van der Waals surface area (Å²) in [5.41, 5.74) is -8.13. The molecule has 0 radical (unpaired) electrons. The zero-order chi connectivity index (χ0) is 28.7. The molecule has 3 fully saturated rings. The molecule has 2 N–H and O–H groups in total. The molecule has 8 atom stereocenters. The van der Waals surface area contributed by atoms with Crippen LogP contribution in [0.5, 0.6) is 0 Å². The van der Waals surface area contributed by atoms with Crippen molar-refractivity contribution in [2.24, 2.45) is 28.6 Å². The summed E-state index contributed by atoms with van der Waals surface area (Å²) in [5.74, 6) is -6.29. The molecule has 0 amide bonds. The van der Waals surface area contributed by atoms with Crippen LogP contribution in [-0.2, 0) is 14.3 Å². The van der Waals surface area contributed by atoms with Gasteiger partial charge in [-0.25, -0.2) is 18.4 Å². The number of rotatable bonds is 4. The molecule has 0 spiro atoms. The zero-order valence-corrected chi connectivity index (χ0v) is 21.6. The number of aliphatic hydroxyl groups excluding tert-OH is 1. The number of esters is 1. The van der Waals surface area contributed by atoms with Crippen molar-refractivity contribution in [3.05, 3.63) is 63.4 Å². The van der Waals surface area contributed by atoms with Gasteiger partial charge in [0.1, 0.15) is 17.6 Å². The predicted octanol–water partition coefficient (Wildman–Crippen LogP) is 5.05. The number of fused-ring (bicyclic) bond motifs is 5. The van der Waals surface area contributed by atoms with Crippen LogP contribution in [-0.4, -0.2) is 50.3 Å². The molecule has 0 saturated heterocycles. The molecule has 5 rings (SSSR count). The van der Waals surface area contributed by atoms with E-state index >= 15 is 8.78 Å². The normalized spacial score (nSPS) is 40.9. The van der Waals surface area contributed by atoms with Gasteiger partial charge in [-0.05, 0) is 56.2 Å². The molecular weight excluding hydrogens is 516 g/mol. The number of alkyl halides is 2. The van der Waals surface area contributed by atoms with E-state index in [0.717, 1.165) is 18.2 Å². The summed E-state index contributed by atoms with van der Waals surface area (Å²) in [5, 5.41) is 32.5. The van der Waals surface area contributed by atoms with Crippen molar-refractivity contribution >= 4 is 23.4 Å². The second-order valence-electron chi connectivity index (χ2n) is 11.7. The number of nitrogens with zero attached hydrogens (tertiary/aromatic N) is 1. The highest BCUT2D eigenvalue weighted by Gasteiger charge is 2.77. The van der Waals surface area contributed by atoms with E-state index in [2.05, 4.69) is 0 Å². The van der Waals surface area contributed by atoms with Gasteiger partial charge in [0.05, 0.1) is 15.9 Å². The number of ketones is 1. The lowest BCUT2D eigenvalue weighted by molar-refractivity contribution is -0.384. The Morgan fingerprint density at radius 3 is 2.49 bits per heavy atom. The number of aliphatic hydroxyl groups is 1. The minimum absolute atomic E-state index is 0.0649. The van der Waals surface area contributed by atoms with Crippen LogP contribution in [0.1, 0.15) is 56.8 Å². The summed E-state index contributed by atoms with van der Waals surface area (Å²) in [6, 6.07) is 4.74. The maximum Gasteiger partial charge on any atom is 0.349 e. The van der Waals surface area contributed by atoms with E-state index in [9.17, 15) is 34.7 Å². The van der Waals surface area contributed by atoms with Gasteiger partial charge in [-0.2, -0.15) is 0 Å². The minimum Gasteiger partial charge on any atom is -0.511 e. The maximum absolute atomic E-state index is 17.3.